The van der Waals surface area contributed by atoms with E-state index >= 15 is 0 Å². The second-order valence-electron chi connectivity index (χ2n) is 6.40. The molecular formula is C15H24FN3O3S. The first-order valence-corrected chi connectivity index (χ1v) is 8.85. The Labute approximate surface area is 137 Å². The lowest BCUT2D eigenvalue weighted by Crippen LogP contribution is -2.46. The van der Waals surface area contributed by atoms with Gasteiger partial charge in [0.1, 0.15) is 5.82 Å². The van der Waals surface area contributed by atoms with Crippen molar-refractivity contribution in [1.82, 2.24) is 13.5 Å². The van der Waals surface area contributed by atoms with Gasteiger partial charge in [0.25, 0.3) is 10.2 Å². The van der Waals surface area contributed by atoms with Crippen LogP contribution in [-0.4, -0.2) is 73.4 Å². The Kier molecular flexibility index (Phi) is 5.42. The minimum absolute atomic E-state index is 0.0846. The predicted octanol–water partition coefficient (Wildman–Crippen LogP) is 0.501. The quantitative estimate of drug-likeness (QED) is 0.816. The zero-order valence-electron chi connectivity index (χ0n) is 13.7. The van der Waals surface area contributed by atoms with Gasteiger partial charge in [-0.25, -0.2) is 4.39 Å². The maximum atomic E-state index is 12.9. The van der Waals surface area contributed by atoms with Crippen LogP contribution < -0.4 is 0 Å². The summed E-state index contributed by atoms with van der Waals surface area (Å²) >= 11 is 0. The minimum Gasteiger partial charge on any atom is -0.387 e. The van der Waals surface area contributed by atoms with E-state index < -0.39 is 15.8 Å². The molecule has 6 nitrogen and oxygen atoms in total. The van der Waals surface area contributed by atoms with Gasteiger partial charge in [-0.15, -0.1) is 0 Å². The lowest BCUT2D eigenvalue weighted by Gasteiger charge is -2.29. The van der Waals surface area contributed by atoms with Crippen molar-refractivity contribution in [2.24, 2.45) is 0 Å². The van der Waals surface area contributed by atoms with E-state index in [0.29, 0.717) is 26.1 Å². The van der Waals surface area contributed by atoms with Crippen molar-refractivity contribution >= 4 is 10.2 Å². The zero-order chi connectivity index (χ0) is 17.3. The number of nitrogens with zero attached hydrogens (tertiary/aromatic N) is 3. The van der Waals surface area contributed by atoms with Crippen molar-refractivity contribution in [2.75, 3.05) is 40.8 Å². The summed E-state index contributed by atoms with van der Waals surface area (Å²) < 4.78 is 39.6. The second-order valence-corrected chi connectivity index (χ2v) is 8.54. The first-order valence-electron chi connectivity index (χ1n) is 7.45. The smallest absolute Gasteiger partial charge is 0.281 e. The van der Waals surface area contributed by atoms with E-state index in [1.807, 2.05) is 11.9 Å². The van der Waals surface area contributed by atoms with E-state index in [2.05, 4.69) is 0 Å². The van der Waals surface area contributed by atoms with Crippen molar-refractivity contribution in [2.45, 2.75) is 18.6 Å². The molecule has 0 radical (unpaired) electrons. The molecule has 1 fully saturated rings. The maximum absolute atomic E-state index is 12.9. The Morgan fingerprint density at radius 2 is 1.87 bits per heavy atom. The van der Waals surface area contributed by atoms with Crippen LogP contribution in [0.15, 0.2) is 24.3 Å². The molecule has 1 aromatic carbocycles. The standard InChI is InChI=1S/C15H24FN3O3S/c1-17(2)23(21,22)19-9-8-15(20,12-19)11-18(3)10-13-4-6-14(16)7-5-13/h4-7,20H,8-12H2,1-3H3/t15-/m1/s1. The molecule has 1 heterocycles. The van der Waals surface area contributed by atoms with Gasteiger partial charge >= 0.3 is 0 Å². The summed E-state index contributed by atoms with van der Waals surface area (Å²) in [5.74, 6) is -0.282. The monoisotopic (exact) mass is 345 g/mol. The third kappa shape index (κ3) is 4.48. The molecule has 1 aliphatic rings. The molecule has 130 valence electrons. The van der Waals surface area contributed by atoms with Gasteiger partial charge in [0.15, 0.2) is 0 Å². The Morgan fingerprint density at radius 1 is 1.26 bits per heavy atom. The van der Waals surface area contributed by atoms with Crippen LogP contribution in [0.4, 0.5) is 4.39 Å². The maximum Gasteiger partial charge on any atom is 0.281 e. The fraction of sp³-hybridized carbons (Fsp3) is 0.600. The van der Waals surface area contributed by atoms with Gasteiger partial charge in [-0.3, -0.25) is 4.90 Å². The number of hydrogen-bond donors (Lipinski definition) is 1. The zero-order valence-corrected chi connectivity index (χ0v) is 14.6. The van der Waals surface area contributed by atoms with Crippen molar-refractivity contribution < 1.29 is 17.9 Å². The number of β-amino-alcohol motifs (C(OH)–C–C–N with tert-alkyl or cyclic N) is 1. The average Bonchev–Trinajstić information content (AvgIpc) is 2.84. The van der Waals surface area contributed by atoms with Gasteiger partial charge in [0.05, 0.1) is 5.60 Å². The molecule has 1 aromatic rings. The summed E-state index contributed by atoms with van der Waals surface area (Å²) in [6.45, 7) is 1.30. The third-order valence-corrected chi connectivity index (χ3v) is 5.90. The molecule has 8 heteroatoms. The summed E-state index contributed by atoms with van der Waals surface area (Å²) in [6.07, 6.45) is 0.397. The van der Waals surface area contributed by atoms with E-state index in [-0.39, 0.29) is 12.4 Å². The van der Waals surface area contributed by atoms with Crippen LogP contribution in [0.25, 0.3) is 0 Å². The van der Waals surface area contributed by atoms with Gasteiger partial charge in [-0.2, -0.15) is 17.0 Å². The number of halogens is 1. The molecule has 0 amide bonds. The van der Waals surface area contributed by atoms with E-state index in [4.69, 9.17) is 0 Å². The van der Waals surface area contributed by atoms with Gasteiger partial charge < -0.3 is 5.11 Å². The van der Waals surface area contributed by atoms with Crippen molar-refractivity contribution in [3.8, 4) is 0 Å². The first kappa shape index (κ1) is 18.3. The van der Waals surface area contributed by atoms with Crippen LogP contribution in [-0.2, 0) is 16.8 Å². The molecule has 0 spiro atoms. The minimum atomic E-state index is -3.50. The number of hydrogen-bond acceptors (Lipinski definition) is 4. The average molecular weight is 345 g/mol. The highest BCUT2D eigenvalue weighted by Crippen LogP contribution is 2.25. The molecule has 1 atom stereocenters. The highest BCUT2D eigenvalue weighted by molar-refractivity contribution is 7.86. The molecule has 1 N–H and O–H groups in total. The molecule has 2 rings (SSSR count). The van der Waals surface area contributed by atoms with Crippen molar-refractivity contribution in [3.05, 3.63) is 35.6 Å². The highest BCUT2D eigenvalue weighted by atomic mass is 32.2. The summed E-state index contributed by atoms with van der Waals surface area (Å²) in [5, 5.41) is 10.7. The number of likely N-dealkylation sites (N-methyl/N-ethyl adjacent to an activating group) is 1. The third-order valence-electron chi connectivity index (χ3n) is 4.01. The number of benzene rings is 1. The van der Waals surface area contributed by atoms with E-state index in [0.717, 1.165) is 9.87 Å². The number of aliphatic hydroxyl groups is 1. The first-order chi connectivity index (χ1) is 10.6. The van der Waals surface area contributed by atoms with Gasteiger partial charge in [-0.05, 0) is 31.2 Å². The molecule has 0 unspecified atom stereocenters. The molecule has 0 aliphatic carbocycles. The molecule has 1 saturated heterocycles. The van der Waals surface area contributed by atoms with Gasteiger partial charge in [0, 0.05) is 40.3 Å². The second kappa shape index (κ2) is 6.82. The highest BCUT2D eigenvalue weighted by Gasteiger charge is 2.42. The molecule has 1 aliphatic heterocycles. The topological polar surface area (TPSA) is 64.1 Å². The Balaban J connectivity index is 1.96. The van der Waals surface area contributed by atoms with E-state index in [9.17, 15) is 17.9 Å². The van der Waals surface area contributed by atoms with Crippen LogP contribution in [0.5, 0.6) is 0 Å². The Bertz CT molecular complexity index is 636. The molecule has 0 bridgehead atoms. The lowest BCUT2D eigenvalue weighted by molar-refractivity contribution is 0.0217. The Hall–Kier alpha value is -1.06. The fourth-order valence-corrected chi connectivity index (χ4v) is 4.02. The number of rotatable bonds is 6. The molecule has 0 aromatic heterocycles. The van der Waals surface area contributed by atoms with Crippen LogP contribution in [0, 0.1) is 5.82 Å². The summed E-state index contributed by atoms with van der Waals surface area (Å²) in [4.78, 5) is 1.92. The van der Waals surface area contributed by atoms with Gasteiger partial charge in [0.2, 0.25) is 0 Å². The van der Waals surface area contributed by atoms with E-state index in [1.165, 1.54) is 30.5 Å². The van der Waals surface area contributed by atoms with Crippen LogP contribution in [0.2, 0.25) is 0 Å². The normalized spacial score (nSPS) is 23.1. The van der Waals surface area contributed by atoms with E-state index in [1.54, 1.807) is 12.1 Å². The van der Waals surface area contributed by atoms with Crippen LogP contribution >= 0.6 is 0 Å². The fourth-order valence-electron chi connectivity index (χ4n) is 2.84. The summed E-state index contributed by atoms with van der Waals surface area (Å²) in [7, 11) is 1.31. The largest absolute Gasteiger partial charge is 0.387 e. The summed E-state index contributed by atoms with van der Waals surface area (Å²) in [6, 6.07) is 6.21. The SMILES string of the molecule is CN(Cc1ccc(F)cc1)C[C@]1(O)CCN(S(=O)(=O)N(C)C)C1. The molecule has 23 heavy (non-hydrogen) atoms. The van der Waals surface area contributed by atoms with Crippen LogP contribution in [0.3, 0.4) is 0 Å². The van der Waals surface area contributed by atoms with Crippen molar-refractivity contribution in [1.29, 1.82) is 0 Å². The predicted molar refractivity (Wildman–Crippen MR) is 86.5 cm³/mol. The summed E-state index contributed by atoms with van der Waals surface area (Å²) in [5.41, 5.74) is -0.133. The van der Waals surface area contributed by atoms with Crippen LogP contribution in [0.1, 0.15) is 12.0 Å². The lowest BCUT2D eigenvalue weighted by atomic mass is 10.0. The molecule has 0 saturated carbocycles. The van der Waals surface area contributed by atoms with Crippen molar-refractivity contribution in [3.63, 3.8) is 0 Å². The Morgan fingerprint density at radius 3 is 2.43 bits per heavy atom. The molecular weight excluding hydrogens is 321 g/mol. The van der Waals surface area contributed by atoms with Gasteiger partial charge in [-0.1, -0.05) is 12.1 Å².